The van der Waals surface area contributed by atoms with Crippen LogP contribution in [0.5, 0.6) is 0 Å². The van der Waals surface area contributed by atoms with Gasteiger partial charge >= 0.3 is 0 Å². The lowest BCUT2D eigenvalue weighted by atomic mass is 10.2. The monoisotopic (exact) mass is 228 g/mol. The van der Waals surface area contributed by atoms with Crippen molar-refractivity contribution in [2.75, 3.05) is 5.32 Å². The quantitative estimate of drug-likeness (QED) is 0.845. The molecule has 2 aromatic heterocycles. The van der Waals surface area contributed by atoms with Gasteiger partial charge in [0.1, 0.15) is 6.07 Å². The Balaban J connectivity index is 2.03. The van der Waals surface area contributed by atoms with Gasteiger partial charge in [-0.25, -0.2) is 4.98 Å². The van der Waals surface area contributed by atoms with E-state index in [9.17, 15) is 0 Å². The number of rotatable bonds is 4. The summed E-state index contributed by atoms with van der Waals surface area (Å²) < 4.78 is 1.96. The van der Waals surface area contributed by atoms with E-state index < -0.39 is 0 Å². The van der Waals surface area contributed by atoms with Crippen LogP contribution in [-0.2, 0) is 6.54 Å². The van der Waals surface area contributed by atoms with E-state index in [4.69, 9.17) is 5.26 Å². The molecule has 0 saturated heterocycles. The lowest BCUT2D eigenvalue weighted by Gasteiger charge is -2.14. The number of nitriles is 1. The Morgan fingerprint density at radius 2 is 2.41 bits per heavy atom. The minimum atomic E-state index is 0.132. The fourth-order valence-electron chi connectivity index (χ4n) is 1.52. The molecular formula is C11H12N6. The van der Waals surface area contributed by atoms with E-state index in [1.165, 1.54) is 6.20 Å². The third-order valence-corrected chi connectivity index (χ3v) is 2.27. The van der Waals surface area contributed by atoms with Gasteiger partial charge in [-0.05, 0) is 13.0 Å². The second kappa shape index (κ2) is 5.07. The first-order valence-electron chi connectivity index (χ1n) is 5.23. The van der Waals surface area contributed by atoms with Crippen LogP contribution >= 0.6 is 0 Å². The third-order valence-electron chi connectivity index (χ3n) is 2.27. The summed E-state index contributed by atoms with van der Waals surface area (Å²) in [5, 5.41) is 19.7. The lowest BCUT2D eigenvalue weighted by Crippen LogP contribution is -2.22. The molecule has 0 radical (unpaired) electrons. The minimum absolute atomic E-state index is 0.132. The first-order chi connectivity index (χ1) is 8.29. The van der Waals surface area contributed by atoms with Crippen LogP contribution in [0.15, 0.2) is 31.0 Å². The second-order valence-corrected chi connectivity index (χ2v) is 3.71. The molecule has 0 aliphatic heterocycles. The van der Waals surface area contributed by atoms with E-state index in [0.717, 1.165) is 6.54 Å². The number of nitrogens with one attached hydrogen (secondary N) is 1. The van der Waals surface area contributed by atoms with Crippen molar-refractivity contribution >= 4 is 5.82 Å². The molecule has 0 aliphatic rings. The summed E-state index contributed by atoms with van der Waals surface area (Å²) in [5.74, 6) is 0.516. The maximum atomic E-state index is 8.92. The highest BCUT2D eigenvalue weighted by atomic mass is 15.2. The maximum Gasteiger partial charge on any atom is 0.166 e. The highest BCUT2D eigenvalue weighted by Gasteiger charge is 2.07. The van der Waals surface area contributed by atoms with Gasteiger partial charge in [0.25, 0.3) is 0 Å². The van der Waals surface area contributed by atoms with E-state index >= 15 is 0 Å². The summed E-state index contributed by atoms with van der Waals surface area (Å²) in [4.78, 5) is 3.97. The molecule has 0 saturated carbocycles. The van der Waals surface area contributed by atoms with Crippen molar-refractivity contribution in [3.8, 4) is 6.07 Å². The molecule has 0 spiro atoms. The summed E-state index contributed by atoms with van der Waals surface area (Å²) in [5.41, 5.74) is 0.498. The number of aromatic nitrogens is 4. The fourth-order valence-corrected chi connectivity index (χ4v) is 1.52. The third kappa shape index (κ3) is 2.78. The van der Waals surface area contributed by atoms with Gasteiger partial charge in [-0.3, -0.25) is 0 Å². The standard InChI is InChI=1S/C11H12N6/c1-9(7-17-5-4-13-8-17)15-11-10(6-12)2-3-14-16-11/h2-5,8-9H,7H2,1H3,(H,15,16). The molecule has 6 nitrogen and oxygen atoms in total. The Morgan fingerprint density at radius 1 is 1.53 bits per heavy atom. The zero-order valence-corrected chi connectivity index (χ0v) is 9.41. The molecule has 1 unspecified atom stereocenters. The average Bonchev–Trinajstić information content (AvgIpc) is 2.82. The molecular weight excluding hydrogens is 216 g/mol. The van der Waals surface area contributed by atoms with Crippen LogP contribution < -0.4 is 5.32 Å². The first kappa shape index (κ1) is 11.1. The van der Waals surface area contributed by atoms with E-state index in [0.29, 0.717) is 11.4 Å². The highest BCUT2D eigenvalue weighted by Crippen LogP contribution is 2.10. The van der Waals surface area contributed by atoms with E-state index in [1.807, 2.05) is 17.7 Å². The van der Waals surface area contributed by atoms with E-state index in [-0.39, 0.29) is 6.04 Å². The lowest BCUT2D eigenvalue weighted by molar-refractivity contribution is 0.616. The van der Waals surface area contributed by atoms with Crippen LogP contribution in [0.1, 0.15) is 12.5 Å². The fraction of sp³-hybridized carbons (Fsp3) is 0.273. The largest absolute Gasteiger partial charge is 0.363 e. The van der Waals surface area contributed by atoms with Crippen molar-refractivity contribution in [2.24, 2.45) is 0 Å². The smallest absolute Gasteiger partial charge is 0.166 e. The van der Waals surface area contributed by atoms with Crippen LogP contribution in [0.4, 0.5) is 5.82 Å². The number of hydrogen-bond acceptors (Lipinski definition) is 5. The molecule has 0 bridgehead atoms. The summed E-state index contributed by atoms with van der Waals surface area (Å²) in [6, 6.07) is 3.85. The topological polar surface area (TPSA) is 79.4 Å². The zero-order valence-electron chi connectivity index (χ0n) is 9.41. The maximum absolute atomic E-state index is 8.92. The van der Waals surface area contributed by atoms with Gasteiger partial charge in [-0.15, -0.1) is 5.10 Å². The van der Waals surface area contributed by atoms with Gasteiger partial charge in [0.05, 0.1) is 18.1 Å². The molecule has 0 aliphatic carbocycles. The SMILES string of the molecule is CC(Cn1ccnc1)Nc1nnccc1C#N. The molecule has 0 aromatic carbocycles. The second-order valence-electron chi connectivity index (χ2n) is 3.71. The molecule has 6 heteroatoms. The molecule has 2 heterocycles. The zero-order chi connectivity index (χ0) is 12.1. The summed E-state index contributed by atoms with van der Waals surface area (Å²) in [7, 11) is 0. The Labute approximate surface area is 98.9 Å². The Morgan fingerprint density at radius 3 is 3.12 bits per heavy atom. The van der Waals surface area contributed by atoms with Crippen molar-refractivity contribution in [3.05, 3.63) is 36.5 Å². The predicted molar refractivity (Wildman–Crippen MR) is 62.1 cm³/mol. The number of nitrogens with zero attached hydrogens (tertiary/aromatic N) is 5. The van der Waals surface area contributed by atoms with Crippen molar-refractivity contribution in [1.82, 2.24) is 19.7 Å². The van der Waals surface area contributed by atoms with Gasteiger partial charge in [0.2, 0.25) is 0 Å². The number of anilines is 1. The summed E-state index contributed by atoms with van der Waals surface area (Å²) in [6.07, 6.45) is 6.88. The van der Waals surface area contributed by atoms with Crippen molar-refractivity contribution in [1.29, 1.82) is 5.26 Å². The van der Waals surface area contributed by atoms with Crippen LogP contribution in [0.25, 0.3) is 0 Å². The number of hydrogen-bond donors (Lipinski definition) is 1. The molecule has 17 heavy (non-hydrogen) atoms. The van der Waals surface area contributed by atoms with E-state index in [1.54, 1.807) is 18.6 Å². The first-order valence-corrected chi connectivity index (χ1v) is 5.23. The molecule has 1 atom stereocenters. The van der Waals surface area contributed by atoms with Crippen LogP contribution in [-0.4, -0.2) is 25.8 Å². The normalized spacial score (nSPS) is 11.8. The van der Waals surface area contributed by atoms with Crippen molar-refractivity contribution in [3.63, 3.8) is 0 Å². The van der Waals surface area contributed by atoms with Crippen LogP contribution in [0, 0.1) is 11.3 Å². The van der Waals surface area contributed by atoms with Gasteiger partial charge in [-0.2, -0.15) is 10.4 Å². The van der Waals surface area contributed by atoms with Gasteiger partial charge in [0.15, 0.2) is 5.82 Å². The Hall–Kier alpha value is -2.42. The van der Waals surface area contributed by atoms with Gasteiger partial charge < -0.3 is 9.88 Å². The van der Waals surface area contributed by atoms with Gasteiger partial charge in [-0.1, -0.05) is 0 Å². The summed E-state index contributed by atoms with van der Waals surface area (Å²) >= 11 is 0. The van der Waals surface area contributed by atoms with Crippen molar-refractivity contribution in [2.45, 2.75) is 19.5 Å². The molecule has 1 N–H and O–H groups in total. The molecule has 2 aromatic rings. The average molecular weight is 228 g/mol. The number of imidazole rings is 1. The molecule has 0 amide bonds. The summed E-state index contributed by atoms with van der Waals surface area (Å²) in [6.45, 7) is 2.76. The highest BCUT2D eigenvalue weighted by molar-refractivity contribution is 5.50. The van der Waals surface area contributed by atoms with Crippen LogP contribution in [0.3, 0.4) is 0 Å². The Bertz CT molecular complexity index is 513. The van der Waals surface area contributed by atoms with Gasteiger partial charge in [0, 0.05) is 25.0 Å². The van der Waals surface area contributed by atoms with Crippen molar-refractivity contribution < 1.29 is 0 Å². The molecule has 2 rings (SSSR count). The van der Waals surface area contributed by atoms with E-state index in [2.05, 4.69) is 26.6 Å². The minimum Gasteiger partial charge on any atom is -0.363 e. The molecule has 0 fully saturated rings. The predicted octanol–water partition coefficient (Wildman–Crippen LogP) is 1.05. The Kier molecular flexibility index (Phi) is 3.31. The van der Waals surface area contributed by atoms with Crippen LogP contribution in [0.2, 0.25) is 0 Å². The molecule has 86 valence electrons.